The number of sulfonamides is 1. The highest BCUT2D eigenvalue weighted by Gasteiger charge is 2.36. The van der Waals surface area contributed by atoms with Crippen molar-refractivity contribution in [3.8, 4) is 0 Å². The summed E-state index contributed by atoms with van der Waals surface area (Å²) >= 11 is 5.77. The molecule has 0 bridgehead atoms. The second kappa shape index (κ2) is 7.58. The summed E-state index contributed by atoms with van der Waals surface area (Å²) in [6, 6.07) is 3.30. The number of nitrogens with one attached hydrogen (secondary N) is 1. The molecule has 29 heavy (non-hydrogen) atoms. The van der Waals surface area contributed by atoms with Crippen molar-refractivity contribution in [1.82, 2.24) is 19.0 Å². The van der Waals surface area contributed by atoms with Gasteiger partial charge in [0.1, 0.15) is 10.7 Å². The highest BCUT2D eigenvalue weighted by atomic mass is 35.5. The number of amides is 2. The molecule has 2 aliphatic rings. The smallest absolute Gasteiger partial charge is 0.314 e. The van der Waals surface area contributed by atoms with Crippen molar-refractivity contribution in [2.45, 2.75) is 43.8 Å². The molecule has 1 fully saturated rings. The summed E-state index contributed by atoms with van der Waals surface area (Å²) < 4.78 is 42.4. The Morgan fingerprint density at radius 2 is 2.03 bits per heavy atom. The van der Waals surface area contributed by atoms with Gasteiger partial charge < -0.3 is 10.2 Å². The number of carbonyl (C=O) groups is 1. The molecule has 0 saturated carbocycles. The van der Waals surface area contributed by atoms with Crippen molar-refractivity contribution in [1.29, 1.82) is 0 Å². The highest BCUT2D eigenvalue weighted by molar-refractivity contribution is 7.89. The molecule has 0 radical (unpaired) electrons. The lowest BCUT2D eigenvalue weighted by molar-refractivity contribution is 0.160. The van der Waals surface area contributed by atoms with Crippen molar-refractivity contribution < 1.29 is 17.6 Å². The predicted octanol–water partition coefficient (Wildman–Crippen LogP) is 2.90. The van der Waals surface area contributed by atoms with E-state index in [1.807, 2.05) is 6.92 Å². The third-order valence-electron chi connectivity index (χ3n) is 5.31. The predicted molar refractivity (Wildman–Crippen MR) is 106 cm³/mol. The molecule has 3 heterocycles. The van der Waals surface area contributed by atoms with Gasteiger partial charge in [-0.05, 0) is 38.0 Å². The Morgan fingerprint density at radius 3 is 2.72 bits per heavy atom. The molecule has 8 nitrogen and oxygen atoms in total. The Balaban J connectivity index is 1.58. The maximum absolute atomic E-state index is 13.3. The molecular weight excluding hydrogens is 421 g/mol. The SMILES string of the molecule is C[C@H]1Cn2ncc(S(=O)(=O)N3CCCC3)c2CN1C(=O)Nc1ccc(F)c(Cl)c1. The molecule has 4 rings (SSSR count). The summed E-state index contributed by atoms with van der Waals surface area (Å²) in [4.78, 5) is 14.5. The van der Waals surface area contributed by atoms with E-state index < -0.39 is 21.9 Å². The van der Waals surface area contributed by atoms with Gasteiger partial charge in [-0.2, -0.15) is 9.40 Å². The summed E-state index contributed by atoms with van der Waals surface area (Å²) in [6.45, 7) is 3.33. The van der Waals surface area contributed by atoms with Crippen molar-refractivity contribution in [3.63, 3.8) is 0 Å². The minimum absolute atomic E-state index is 0.0911. The molecule has 0 spiro atoms. The van der Waals surface area contributed by atoms with Gasteiger partial charge in [-0.3, -0.25) is 4.68 Å². The van der Waals surface area contributed by atoms with Crippen LogP contribution in [0, 0.1) is 5.82 Å². The Morgan fingerprint density at radius 1 is 1.31 bits per heavy atom. The molecule has 1 aromatic heterocycles. The fraction of sp³-hybridized carbons (Fsp3) is 0.444. The number of carbonyl (C=O) groups excluding carboxylic acids is 1. The van der Waals surface area contributed by atoms with Crippen LogP contribution in [0.5, 0.6) is 0 Å². The fourth-order valence-electron chi connectivity index (χ4n) is 3.70. The van der Waals surface area contributed by atoms with Crippen molar-refractivity contribution in [2.24, 2.45) is 0 Å². The van der Waals surface area contributed by atoms with Gasteiger partial charge in [0, 0.05) is 18.8 Å². The summed E-state index contributed by atoms with van der Waals surface area (Å²) in [5, 5.41) is 6.84. The second-order valence-electron chi connectivity index (χ2n) is 7.28. The number of hydrogen-bond acceptors (Lipinski definition) is 4. The number of anilines is 1. The van der Waals surface area contributed by atoms with Crippen LogP contribution >= 0.6 is 11.6 Å². The van der Waals surface area contributed by atoms with Crippen LogP contribution in [-0.2, 0) is 23.1 Å². The first-order valence-corrected chi connectivity index (χ1v) is 11.2. The minimum Gasteiger partial charge on any atom is -0.314 e. The maximum atomic E-state index is 13.3. The molecule has 2 aliphatic heterocycles. The minimum atomic E-state index is -3.64. The lowest BCUT2D eigenvalue weighted by Crippen LogP contribution is -2.47. The summed E-state index contributed by atoms with van der Waals surface area (Å²) in [5.74, 6) is -0.573. The summed E-state index contributed by atoms with van der Waals surface area (Å²) in [5.41, 5.74) is 0.847. The van der Waals surface area contributed by atoms with Gasteiger partial charge in [-0.25, -0.2) is 17.6 Å². The van der Waals surface area contributed by atoms with E-state index in [1.165, 1.54) is 33.6 Å². The van der Waals surface area contributed by atoms with Gasteiger partial charge in [0.05, 0.1) is 36.0 Å². The van der Waals surface area contributed by atoms with Crippen LogP contribution in [0.3, 0.4) is 0 Å². The molecule has 11 heteroatoms. The number of aromatic nitrogens is 2. The molecule has 1 aromatic carbocycles. The summed E-state index contributed by atoms with van der Waals surface area (Å²) in [7, 11) is -3.64. The van der Waals surface area contributed by atoms with E-state index in [9.17, 15) is 17.6 Å². The van der Waals surface area contributed by atoms with Gasteiger partial charge in [0.2, 0.25) is 10.0 Å². The van der Waals surface area contributed by atoms with Gasteiger partial charge in [-0.1, -0.05) is 11.6 Å². The van der Waals surface area contributed by atoms with Crippen LogP contribution in [0.1, 0.15) is 25.5 Å². The Labute approximate surface area is 173 Å². The molecular formula is C18H21ClFN5O3S. The van der Waals surface area contributed by atoms with Crippen molar-refractivity contribution in [3.05, 3.63) is 40.9 Å². The normalized spacial score (nSPS) is 20.0. The zero-order valence-electron chi connectivity index (χ0n) is 15.8. The largest absolute Gasteiger partial charge is 0.322 e. The Hall–Kier alpha value is -2.17. The molecule has 1 atom stereocenters. The third kappa shape index (κ3) is 3.72. The van der Waals surface area contributed by atoms with Crippen molar-refractivity contribution in [2.75, 3.05) is 18.4 Å². The lowest BCUT2D eigenvalue weighted by atomic mass is 10.2. The van der Waals surface area contributed by atoms with Crippen LogP contribution in [0.2, 0.25) is 5.02 Å². The first kappa shape index (κ1) is 20.1. The van der Waals surface area contributed by atoms with E-state index in [1.54, 1.807) is 4.68 Å². The van der Waals surface area contributed by atoms with Crippen LogP contribution in [0.25, 0.3) is 0 Å². The second-order valence-corrected chi connectivity index (χ2v) is 9.60. The average Bonchev–Trinajstić information content (AvgIpc) is 3.34. The van der Waals surface area contributed by atoms with E-state index >= 15 is 0 Å². The molecule has 0 aliphatic carbocycles. The van der Waals surface area contributed by atoms with E-state index in [2.05, 4.69) is 10.4 Å². The van der Waals surface area contributed by atoms with Crippen LogP contribution in [0.4, 0.5) is 14.9 Å². The van der Waals surface area contributed by atoms with Crippen LogP contribution in [-0.4, -0.2) is 52.6 Å². The number of urea groups is 1. The van der Waals surface area contributed by atoms with E-state index in [4.69, 9.17) is 11.6 Å². The molecule has 1 N–H and O–H groups in total. The summed E-state index contributed by atoms with van der Waals surface area (Å²) in [6.07, 6.45) is 3.06. The number of halogens is 2. The third-order valence-corrected chi connectivity index (χ3v) is 7.55. The lowest BCUT2D eigenvalue weighted by Gasteiger charge is -2.34. The Bertz CT molecular complexity index is 1050. The van der Waals surface area contributed by atoms with Gasteiger partial charge in [0.25, 0.3) is 0 Å². The number of fused-ring (bicyclic) bond motifs is 1. The Kier molecular flexibility index (Phi) is 5.26. The highest BCUT2D eigenvalue weighted by Crippen LogP contribution is 2.28. The number of nitrogens with zero attached hydrogens (tertiary/aromatic N) is 4. The number of benzene rings is 1. The topological polar surface area (TPSA) is 87.5 Å². The van der Waals surface area contributed by atoms with E-state index in [0.29, 0.717) is 31.0 Å². The van der Waals surface area contributed by atoms with E-state index in [-0.39, 0.29) is 22.5 Å². The average molecular weight is 442 g/mol. The first-order chi connectivity index (χ1) is 13.8. The van der Waals surface area contributed by atoms with Gasteiger partial charge in [0.15, 0.2) is 0 Å². The monoisotopic (exact) mass is 441 g/mol. The first-order valence-electron chi connectivity index (χ1n) is 9.35. The quantitative estimate of drug-likeness (QED) is 0.793. The zero-order chi connectivity index (χ0) is 20.8. The standard InChI is InChI=1S/C18H21ClFN5O3S/c1-12-10-25-16(17(9-21-25)29(27,28)23-6-2-3-7-23)11-24(12)18(26)22-13-4-5-15(20)14(19)8-13/h4-5,8-9,12H,2-3,6-7,10-11H2,1H3,(H,22,26)/t12-/m0/s1. The molecule has 156 valence electrons. The molecule has 2 aromatic rings. The van der Waals surface area contributed by atoms with Crippen molar-refractivity contribution >= 4 is 33.3 Å². The van der Waals surface area contributed by atoms with Gasteiger partial charge >= 0.3 is 6.03 Å². The molecule has 0 unspecified atom stereocenters. The van der Waals surface area contributed by atoms with Crippen LogP contribution in [0.15, 0.2) is 29.3 Å². The van der Waals surface area contributed by atoms with E-state index in [0.717, 1.165) is 12.8 Å². The van der Waals surface area contributed by atoms with Crippen LogP contribution < -0.4 is 5.32 Å². The number of hydrogen-bond donors (Lipinski definition) is 1. The fourth-order valence-corrected chi connectivity index (χ4v) is 5.55. The number of rotatable bonds is 3. The molecule has 2 amide bonds. The molecule has 1 saturated heterocycles. The zero-order valence-corrected chi connectivity index (χ0v) is 17.4. The van der Waals surface area contributed by atoms with Gasteiger partial charge in [-0.15, -0.1) is 0 Å². The maximum Gasteiger partial charge on any atom is 0.322 e.